The molecule has 0 saturated carbocycles. The maximum Gasteiger partial charge on any atom is 0.132 e. The fourth-order valence-corrected chi connectivity index (χ4v) is 1.45. The van der Waals surface area contributed by atoms with Crippen LogP contribution >= 0.6 is 0 Å². The zero-order chi connectivity index (χ0) is 12.1. The van der Waals surface area contributed by atoms with Gasteiger partial charge in [-0.25, -0.2) is 0 Å². The first-order valence-electron chi connectivity index (χ1n) is 5.56. The lowest BCUT2D eigenvalue weighted by Gasteiger charge is -2.21. The topological polar surface area (TPSA) is 57.5 Å². The van der Waals surface area contributed by atoms with Crippen LogP contribution in [-0.2, 0) is 4.79 Å². The molecule has 0 rings (SSSR count). The summed E-state index contributed by atoms with van der Waals surface area (Å²) in [5.41, 5.74) is 0.201. The van der Waals surface area contributed by atoms with E-state index in [0.717, 1.165) is 6.42 Å². The largest absolute Gasteiger partial charge is 0.393 e. The van der Waals surface area contributed by atoms with Gasteiger partial charge in [-0.05, 0) is 31.6 Å². The van der Waals surface area contributed by atoms with Crippen LogP contribution in [0, 0.1) is 5.41 Å². The number of aliphatic hydroxyl groups is 2. The molecule has 0 spiro atoms. The summed E-state index contributed by atoms with van der Waals surface area (Å²) in [5.74, 6) is -0.0366. The van der Waals surface area contributed by atoms with Gasteiger partial charge in [0.05, 0.1) is 12.2 Å². The van der Waals surface area contributed by atoms with Crippen LogP contribution < -0.4 is 0 Å². The number of rotatable bonds is 6. The van der Waals surface area contributed by atoms with Crippen molar-refractivity contribution in [3.63, 3.8) is 0 Å². The van der Waals surface area contributed by atoms with Crippen molar-refractivity contribution >= 4 is 5.78 Å². The van der Waals surface area contributed by atoms with Crippen LogP contribution in [0.2, 0.25) is 0 Å². The molecule has 0 unspecified atom stereocenters. The second kappa shape index (κ2) is 6.23. The van der Waals surface area contributed by atoms with Gasteiger partial charge in [0.2, 0.25) is 0 Å². The van der Waals surface area contributed by atoms with Gasteiger partial charge in [-0.15, -0.1) is 0 Å². The predicted octanol–water partition coefficient (Wildman–Crippen LogP) is 1.90. The van der Waals surface area contributed by atoms with Gasteiger partial charge in [0.1, 0.15) is 5.78 Å². The summed E-state index contributed by atoms with van der Waals surface area (Å²) in [6.07, 6.45) is 0.845. The zero-order valence-corrected chi connectivity index (χ0v) is 10.3. The molecule has 0 saturated heterocycles. The van der Waals surface area contributed by atoms with E-state index in [1.165, 1.54) is 6.92 Å². The van der Waals surface area contributed by atoms with Crippen molar-refractivity contribution in [3.05, 3.63) is 0 Å². The van der Waals surface area contributed by atoms with E-state index in [1.807, 2.05) is 0 Å². The minimum Gasteiger partial charge on any atom is -0.393 e. The number of Topliss-reactive ketones (excluding diaryl/α,β-unsaturated/α-hetero) is 1. The van der Waals surface area contributed by atoms with E-state index in [2.05, 4.69) is 20.8 Å². The molecule has 90 valence electrons. The number of ketones is 1. The molecule has 0 aromatic heterocycles. The summed E-state index contributed by atoms with van der Waals surface area (Å²) in [6, 6.07) is 0. The van der Waals surface area contributed by atoms with Crippen molar-refractivity contribution in [3.8, 4) is 0 Å². The molecule has 0 aromatic rings. The van der Waals surface area contributed by atoms with Crippen molar-refractivity contribution in [2.75, 3.05) is 0 Å². The highest BCUT2D eigenvalue weighted by molar-refractivity contribution is 5.75. The molecular weight excluding hydrogens is 192 g/mol. The van der Waals surface area contributed by atoms with E-state index in [0.29, 0.717) is 12.8 Å². The predicted molar refractivity (Wildman–Crippen MR) is 60.6 cm³/mol. The average molecular weight is 216 g/mol. The molecule has 15 heavy (non-hydrogen) atoms. The van der Waals surface area contributed by atoms with E-state index < -0.39 is 12.2 Å². The van der Waals surface area contributed by atoms with Gasteiger partial charge in [-0.2, -0.15) is 0 Å². The highest BCUT2D eigenvalue weighted by atomic mass is 16.3. The van der Waals surface area contributed by atoms with Crippen molar-refractivity contribution in [2.24, 2.45) is 5.41 Å². The highest BCUT2D eigenvalue weighted by Crippen LogP contribution is 2.22. The molecule has 2 N–H and O–H groups in total. The van der Waals surface area contributed by atoms with E-state index in [-0.39, 0.29) is 17.6 Å². The molecule has 0 amide bonds. The minimum atomic E-state index is -0.697. The van der Waals surface area contributed by atoms with Crippen LogP contribution in [0.3, 0.4) is 0 Å². The minimum absolute atomic E-state index is 0.0366. The van der Waals surface area contributed by atoms with Crippen LogP contribution in [0.15, 0.2) is 0 Å². The third-order valence-electron chi connectivity index (χ3n) is 2.29. The second-order valence-corrected chi connectivity index (χ2v) is 5.55. The number of carbonyl (C=O) groups is 1. The lowest BCUT2D eigenvalue weighted by molar-refractivity contribution is -0.119. The lowest BCUT2D eigenvalue weighted by Crippen LogP contribution is -2.21. The van der Waals surface area contributed by atoms with Gasteiger partial charge in [0.15, 0.2) is 0 Å². The molecule has 3 heteroatoms. The fraction of sp³-hybridized carbons (Fsp3) is 0.917. The van der Waals surface area contributed by atoms with Gasteiger partial charge in [-0.1, -0.05) is 20.8 Å². The van der Waals surface area contributed by atoms with Gasteiger partial charge in [-0.3, -0.25) is 4.79 Å². The summed E-state index contributed by atoms with van der Waals surface area (Å²) in [7, 11) is 0. The summed E-state index contributed by atoms with van der Waals surface area (Å²) >= 11 is 0. The molecule has 0 radical (unpaired) electrons. The number of hydrogen-bond donors (Lipinski definition) is 2. The standard InChI is InChI=1S/C12H24O3/c1-9(13)7-11(15)8-10(14)5-6-12(2,3)4/h10-11,14-15H,5-8H2,1-4H3/t10-,11+/m1/s1. The summed E-state index contributed by atoms with van der Waals surface area (Å²) in [5, 5.41) is 19.1. The van der Waals surface area contributed by atoms with Gasteiger partial charge >= 0.3 is 0 Å². The monoisotopic (exact) mass is 216 g/mol. The van der Waals surface area contributed by atoms with E-state index in [9.17, 15) is 15.0 Å². The number of aliphatic hydroxyl groups excluding tert-OH is 2. The second-order valence-electron chi connectivity index (χ2n) is 5.55. The lowest BCUT2D eigenvalue weighted by atomic mass is 9.88. The molecule has 2 atom stereocenters. The average Bonchev–Trinajstić information content (AvgIpc) is 1.97. The van der Waals surface area contributed by atoms with Gasteiger partial charge in [0.25, 0.3) is 0 Å². The Kier molecular flexibility index (Phi) is 6.06. The van der Waals surface area contributed by atoms with E-state index >= 15 is 0 Å². The molecule has 3 nitrogen and oxygen atoms in total. The van der Waals surface area contributed by atoms with Crippen LogP contribution in [0.1, 0.15) is 53.4 Å². The van der Waals surface area contributed by atoms with Crippen molar-refractivity contribution in [1.82, 2.24) is 0 Å². The molecular formula is C12H24O3. The van der Waals surface area contributed by atoms with Crippen LogP contribution in [-0.4, -0.2) is 28.2 Å². The third kappa shape index (κ3) is 9.88. The Morgan fingerprint density at radius 1 is 1.20 bits per heavy atom. The maximum absolute atomic E-state index is 10.7. The summed E-state index contributed by atoms with van der Waals surface area (Å²) < 4.78 is 0. The van der Waals surface area contributed by atoms with Crippen molar-refractivity contribution in [2.45, 2.75) is 65.6 Å². The van der Waals surface area contributed by atoms with Crippen molar-refractivity contribution in [1.29, 1.82) is 0 Å². The zero-order valence-electron chi connectivity index (χ0n) is 10.3. The normalized spacial score (nSPS) is 16.1. The summed E-state index contributed by atoms with van der Waals surface area (Å²) in [6.45, 7) is 7.80. The highest BCUT2D eigenvalue weighted by Gasteiger charge is 2.17. The number of hydrogen-bond acceptors (Lipinski definition) is 3. The Bertz CT molecular complexity index is 194. The Hall–Kier alpha value is -0.410. The molecule has 0 aliphatic carbocycles. The molecule has 0 heterocycles. The van der Waals surface area contributed by atoms with Gasteiger partial charge in [0, 0.05) is 6.42 Å². The van der Waals surface area contributed by atoms with Gasteiger partial charge < -0.3 is 10.2 Å². The Morgan fingerprint density at radius 2 is 1.73 bits per heavy atom. The molecule has 0 aliphatic rings. The third-order valence-corrected chi connectivity index (χ3v) is 2.29. The Labute approximate surface area is 92.5 Å². The van der Waals surface area contributed by atoms with E-state index in [4.69, 9.17) is 0 Å². The van der Waals surface area contributed by atoms with Crippen LogP contribution in [0.4, 0.5) is 0 Å². The molecule has 0 aliphatic heterocycles. The van der Waals surface area contributed by atoms with Crippen molar-refractivity contribution < 1.29 is 15.0 Å². The SMILES string of the molecule is CC(=O)C[C@H](O)C[C@H](O)CCC(C)(C)C. The summed E-state index contributed by atoms with van der Waals surface area (Å²) in [4.78, 5) is 10.7. The Morgan fingerprint density at radius 3 is 2.13 bits per heavy atom. The quantitative estimate of drug-likeness (QED) is 0.713. The molecule has 0 bridgehead atoms. The number of carbonyl (C=O) groups excluding carboxylic acids is 1. The first-order valence-corrected chi connectivity index (χ1v) is 5.56. The van der Waals surface area contributed by atoms with Crippen LogP contribution in [0.5, 0.6) is 0 Å². The maximum atomic E-state index is 10.7. The molecule has 0 fully saturated rings. The first-order chi connectivity index (χ1) is 6.70. The Balaban J connectivity index is 3.73. The smallest absolute Gasteiger partial charge is 0.132 e. The van der Waals surface area contributed by atoms with E-state index in [1.54, 1.807) is 0 Å². The van der Waals surface area contributed by atoms with Crippen LogP contribution in [0.25, 0.3) is 0 Å². The fourth-order valence-electron chi connectivity index (χ4n) is 1.45. The molecule has 0 aromatic carbocycles. The first kappa shape index (κ1) is 14.6.